The van der Waals surface area contributed by atoms with Crippen molar-refractivity contribution in [1.29, 1.82) is 0 Å². The van der Waals surface area contributed by atoms with Gasteiger partial charge in [0.05, 0.1) is 0 Å². The smallest absolute Gasteiger partial charge is 0.165 e. The molecule has 0 fully saturated rings. The fourth-order valence-corrected chi connectivity index (χ4v) is 2.38. The molecule has 0 aliphatic carbocycles. The monoisotopic (exact) mass is 268 g/mol. The van der Waals surface area contributed by atoms with Crippen molar-refractivity contribution in [3.05, 3.63) is 33.8 Å². The van der Waals surface area contributed by atoms with E-state index in [9.17, 15) is 4.79 Å². The van der Waals surface area contributed by atoms with Gasteiger partial charge in [0.15, 0.2) is 5.78 Å². The number of aryl methyl sites for hydroxylation is 1. The Morgan fingerprint density at radius 1 is 1.27 bits per heavy atom. The largest absolute Gasteiger partial charge is 0.294 e. The maximum absolute atomic E-state index is 12.1. The van der Waals surface area contributed by atoms with Crippen molar-refractivity contribution < 1.29 is 4.79 Å². The highest BCUT2D eigenvalue weighted by Gasteiger charge is 2.16. The molecule has 0 bridgehead atoms. The minimum Gasteiger partial charge on any atom is -0.294 e. The van der Waals surface area contributed by atoms with Crippen LogP contribution in [0.25, 0.3) is 0 Å². The molecular formula is C13H17BrO. The molecule has 1 aromatic carbocycles. The Morgan fingerprint density at radius 2 is 1.87 bits per heavy atom. The van der Waals surface area contributed by atoms with Crippen LogP contribution < -0.4 is 0 Å². The van der Waals surface area contributed by atoms with Gasteiger partial charge >= 0.3 is 0 Å². The third kappa shape index (κ3) is 3.16. The van der Waals surface area contributed by atoms with E-state index in [1.807, 2.05) is 25.1 Å². The molecule has 0 radical (unpaired) electrons. The highest BCUT2D eigenvalue weighted by molar-refractivity contribution is 9.10. The molecule has 0 N–H and O–H groups in total. The van der Waals surface area contributed by atoms with Gasteiger partial charge in [-0.05, 0) is 43.5 Å². The van der Waals surface area contributed by atoms with E-state index in [-0.39, 0.29) is 11.7 Å². The molecule has 2 heteroatoms. The summed E-state index contributed by atoms with van der Waals surface area (Å²) in [7, 11) is 0. The molecule has 0 heterocycles. The van der Waals surface area contributed by atoms with E-state index >= 15 is 0 Å². The van der Waals surface area contributed by atoms with Crippen LogP contribution >= 0.6 is 15.9 Å². The highest BCUT2D eigenvalue weighted by Crippen LogP contribution is 2.20. The quantitative estimate of drug-likeness (QED) is 0.741. The number of hydrogen-bond donors (Lipinski definition) is 0. The second kappa shape index (κ2) is 5.45. The van der Waals surface area contributed by atoms with Crippen LogP contribution in [0.2, 0.25) is 0 Å². The zero-order chi connectivity index (χ0) is 11.4. The Morgan fingerprint density at radius 3 is 2.33 bits per heavy atom. The van der Waals surface area contributed by atoms with E-state index in [0.717, 1.165) is 28.4 Å². The van der Waals surface area contributed by atoms with Crippen molar-refractivity contribution in [2.24, 2.45) is 5.92 Å². The summed E-state index contributed by atoms with van der Waals surface area (Å²) < 4.78 is 0.983. The molecule has 0 aliphatic heterocycles. The SMILES string of the molecule is CCC(CC)C(=O)c1cc(C)cc(Br)c1. The van der Waals surface area contributed by atoms with E-state index < -0.39 is 0 Å². The molecule has 0 saturated carbocycles. The lowest BCUT2D eigenvalue weighted by Crippen LogP contribution is -2.13. The van der Waals surface area contributed by atoms with Crippen LogP contribution in [0, 0.1) is 12.8 Å². The average molecular weight is 269 g/mol. The van der Waals surface area contributed by atoms with E-state index in [4.69, 9.17) is 0 Å². The lowest BCUT2D eigenvalue weighted by molar-refractivity contribution is 0.0913. The number of carbonyl (C=O) groups excluding carboxylic acids is 1. The number of halogens is 1. The van der Waals surface area contributed by atoms with Crippen molar-refractivity contribution in [2.75, 3.05) is 0 Å². The minimum absolute atomic E-state index is 0.165. The topological polar surface area (TPSA) is 17.1 Å². The van der Waals surface area contributed by atoms with Gasteiger partial charge < -0.3 is 0 Å². The Labute approximate surface area is 100 Å². The maximum Gasteiger partial charge on any atom is 0.165 e. The van der Waals surface area contributed by atoms with Gasteiger partial charge in [-0.2, -0.15) is 0 Å². The van der Waals surface area contributed by atoms with Crippen LogP contribution in [0.15, 0.2) is 22.7 Å². The van der Waals surface area contributed by atoms with Gasteiger partial charge in [0.1, 0.15) is 0 Å². The molecule has 0 aromatic heterocycles. The van der Waals surface area contributed by atoms with Crippen LogP contribution in [0.4, 0.5) is 0 Å². The predicted octanol–water partition coefficient (Wildman–Crippen LogP) is 4.38. The number of Topliss-reactive ketones (excluding diaryl/α,β-unsaturated/α-hetero) is 1. The van der Waals surface area contributed by atoms with Crippen molar-refractivity contribution in [1.82, 2.24) is 0 Å². The lowest BCUT2D eigenvalue weighted by Gasteiger charge is -2.11. The summed E-state index contributed by atoms with van der Waals surface area (Å²) in [5.74, 6) is 0.433. The van der Waals surface area contributed by atoms with Gasteiger partial charge in [-0.3, -0.25) is 4.79 Å². The second-order valence-electron chi connectivity index (χ2n) is 3.89. The van der Waals surface area contributed by atoms with E-state index in [1.54, 1.807) is 0 Å². The number of carbonyl (C=O) groups is 1. The Bertz CT molecular complexity index is 333. The molecule has 0 atom stereocenters. The first kappa shape index (κ1) is 12.4. The summed E-state index contributed by atoms with van der Waals surface area (Å²) in [6.45, 7) is 6.14. The first-order valence-corrected chi connectivity index (χ1v) is 6.19. The molecule has 0 amide bonds. The van der Waals surface area contributed by atoms with Gasteiger partial charge in [0.25, 0.3) is 0 Å². The van der Waals surface area contributed by atoms with Crippen LogP contribution in [0.1, 0.15) is 42.6 Å². The van der Waals surface area contributed by atoms with Gasteiger partial charge in [0, 0.05) is 16.0 Å². The third-order valence-electron chi connectivity index (χ3n) is 2.68. The van der Waals surface area contributed by atoms with Gasteiger partial charge in [-0.15, -0.1) is 0 Å². The van der Waals surface area contributed by atoms with E-state index in [1.165, 1.54) is 0 Å². The average Bonchev–Trinajstić information content (AvgIpc) is 2.18. The fourth-order valence-electron chi connectivity index (χ4n) is 1.77. The number of ketones is 1. The molecule has 1 aromatic rings. The summed E-state index contributed by atoms with van der Waals surface area (Å²) >= 11 is 3.42. The molecule has 0 aliphatic rings. The van der Waals surface area contributed by atoms with Crippen LogP contribution in [0.3, 0.4) is 0 Å². The molecule has 1 rings (SSSR count). The maximum atomic E-state index is 12.1. The number of hydrogen-bond acceptors (Lipinski definition) is 1. The Balaban J connectivity index is 3.00. The van der Waals surface area contributed by atoms with Gasteiger partial charge in [-0.1, -0.05) is 29.8 Å². The minimum atomic E-state index is 0.165. The van der Waals surface area contributed by atoms with Crippen molar-refractivity contribution in [3.63, 3.8) is 0 Å². The highest BCUT2D eigenvalue weighted by atomic mass is 79.9. The number of rotatable bonds is 4. The second-order valence-corrected chi connectivity index (χ2v) is 4.81. The molecule has 0 spiro atoms. The number of benzene rings is 1. The third-order valence-corrected chi connectivity index (χ3v) is 3.14. The molecule has 15 heavy (non-hydrogen) atoms. The normalized spacial score (nSPS) is 10.7. The summed E-state index contributed by atoms with van der Waals surface area (Å²) in [6.07, 6.45) is 1.84. The van der Waals surface area contributed by atoms with Crippen LogP contribution in [0.5, 0.6) is 0 Å². The molecular weight excluding hydrogens is 252 g/mol. The van der Waals surface area contributed by atoms with Gasteiger partial charge in [-0.25, -0.2) is 0 Å². The van der Waals surface area contributed by atoms with Crippen LogP contribution in [-0.4, -0.2) is 5.78 Å². The summed E-state index contributed by atoms with van der Waals surface area (Å²) in [4.78, 5) is 12.1. The zero-order valence-corrected chi connectivity index (χ0v) is 11.1. The Hall–Kier alpha value is -0.630. The Kier molecular flexibility index (Phi) is 4.52. The first-order valence-electron chi connectivity index (χ1n) is 5.39. The van der Waals surface area contributed by atoms with Crippen molar-refractivity contribution >= 4 is 21.7 Å². The predicted molar refractivity (Wildman–Crippen MR) is 67.3 cm³/mol. The lowest BCUT2D eigenvalue weighted by atomic mass is 9.92. The molecule has 0 saturated heterocycles. The standard InChI is InChI=1S/C13H17BrO/c1-4-10(5-2)13(15)11-6-9(3)7-12(14)8-11/h6-8,10H,4-5H2,1-3H3. The van der Waals surface area contributed by atoms with Crippen molar-refractivity contribution in [2.45, 2.75) is 33.6 Å². The van der Waals surface area contributed by atoms with E-state index in [0.29, 0.717) is 0 Å². The first-order chi connectivity index (χ1) is 7.08. The van der Waals surface area contributed by atoms with E-state index in [2.05, 4.69) is 29.8 Å². The van der Waals surface area contributed by atoms with Gasteiger partial charge in [0.2, 0.25) is 0 Å². The summed E-state index contributed by atoms with van der Waals surface area (Å²) in [6, 6.07) is 5.89. The molecule has 0 unspecified atom stereocenters. The fraction of sp³-hybridized carbons (Fsp3) is 0.462. The zero-order valence-electron chi connectivity index (χ0n) is 9.51. The summed E-state index contributed by atoms with van der Waals surface area (Å²) in [5.41, 5.74) is 1.95. The molecule has 1 nitrogen and oxygen atoms in total. The van der Waals surface area contributed by atoms with Crippen LogP contribution in [-0.2, 0) is 0 Å². The molecule has 82 valence electrons. The van der Waals surface area contributed by atoms with Crippen molar-refractivity contribution in [3.8, 4) is 0 Å². The summed E-state index contributed by atoms with van der Waals surface area (Å²) in [5, 5.41) is 0.